The first-order valence-electron chi connectivity index (χ1n) is 2.56. The van der Waals surface area contributed by atoms with Crippen LogP contribution < -0.4 is 5.73 Å². The molecule has 0 atom stereocenters. The fraction of sp³-hybridized carbons (Fsp3) is 0.667. The van der Waals surface area contributed by atoms with Crippen LogP contribution in [0.2, 0.25) is 0 Å². The third-order valence-corrected chi connectivity index (χ3v) is 0.748. The number of hydrogen-bond acceptors (Lipinski definition) is 1. The minimum absolute atomic E-state index is 0. The average molecular weight is 337 g/mol. The van der Waals surface area contributed by atoms with Crippen LogP contribution in [0.25, 0.3) is 0 Å². The van der Waals surface area contributed by atoms with Gasteiger partial charge in [-0.1, -0.05) is 19.8 Å². The van der Waals surface area contributed by atoms with Gasteiger partial charge in [0, 0.05) is 0 Å². The van der Waals surface area contributed by atoms with Crippen LogP contribution >= 0.6 is 0 Å². The molecule has 0 unspecified atom stereocenters. The van der Waals surface area contributed by atoms with Crippen LogP contribution in [-0.2, 0) is 0 Å². The number of nitrogens with two attached hydrogens (primary N) is 1. The third kappa shape index (κ3) is 10.1. The van der Waals surface area contributed by atoms with Gasteiger partial charge in [-0.2, -0.15) is 0 Å². The molecule has 1 nitrogen and oxygen atoms in total. The second-order valence-electron chi connectivity index (χ2n) is 2.11. The molecule has 0 aliphatic carbocycles. The van der Waals surface area contributed by atoms with E-state index in [1.54, 1.807) is 0 Å². The van der Waals surface area contributed by atoms with E-state index < -0.39 is 5.54 Å². The molecule has 0 aliphatic heterocycles. The number of hydrogen-bond donors (Lipinski definition) is 1. The van der Waals surface area contributed by atoms with E-state index in [1.165, 1.54) is 0 Å². The normalized spacial score (nSPS) is 10.5. The Balaban J connectivity index is 0. The van der Waals surface area contributed by atoms with Crippen LogP contribution in [-0.4, -0.2) is 5.54 Å². The van der Waals surface area contributed by atoms with Crippen LogP contribution in [0.3, 0.4) is 0 Å². The third-order valence-electron chi connectivity index (χ3n) is 0.748. The summed E-state index contributed by atoms with van der Waals surface area (Å²) in [6.07, 6.45) is 1.95. The molecule has 0 aromatic heterocycles. The predicted octanol–water partition coefficient (Wildman–Crippen LogP) is 1.15. The summed E-state index contributed by atoms with van der Waals surface area (Å²) in [5, 5.41) is 0. The predicted molar refractivity (Wildman–Crippen MR) is 32.5 cm³/mol. The van der Waals surface area contributed by atoms with Gasteiger partial charge in [-0.25, -0.2) is 5.54 Å². The Hall–Kier alpha value is 1.01. The summed E-state index contributed by atoms with van der Waals surface area (Å²) in [5.41, 5.74) is 4.97. The van der Waals surface area contributed by atoms with Gasteiger partial charge >= 0.3 is 31.1 Å². The molecule has 0 aromatic carbocycles. The minimum Gasteiger partial charge on any atom is -0.383 e. The number of rotatable bonds is 2. The first kappa shape index (κ1) is 11.8. The van der Waals surface area contributed by atoms with Gasteiger partial charge in [-0.3, -0.25) is 0 Å². The maximum atomic E-state index is 5.42. The summed E-state index contributed by atoms with van der Waals surface area (Å²) in [6, 6.07) is 0. The summed E-state index contributed by atoms with van der Waals surface area (Å²) in [5.74, 6) is 0. The Kier molecular flexibility index (Phi) is 7.13. The fourth-order valence-corrected chi connectivity index (χ4v) is 0.498. The molecule has 0 spiro atoms. The second-order valence-corrected chi connectivity index (χ2v) is 2.11. The molecular weight excluding hydrogens is 324 g/mol. The Labute approximate surface area is 75.8 Å². The quantitative estimate of drug-likeness (QED) is 0.752. The zero-order chi connectivity index (χ0) is 5.91. The van der Waals surface area contributed by atoms with Gasteiger partial charge in [-0.05, 0) is 0 Å². The van der Waals surface area contributed by atoms with Gasteiger partial charge in [0.15, 0.2) is 0 Å². The van der Waals surface area contributed by atoms with Crippen molar-refractivity contribution in [2.75, 3.05) is 0 Å². The molecule has 46 valence electrons. The summed E-state index contributed by atoms with van der Waals surface area (Å²) in [7, 11) is 0. The van der Waals surface area contributed by atoms with E-state index in [1.807, 2.05) is 0 Å². The SMILES string of the molecule is [CH2-]C([CH2-])(N)CCC.[U+2]. The van der Waals surface area contributed by atoms with Crippen molar-refractivity contribution in [1.82, 2.24) is 0 Å². The van der Waals surface area contributed by atoms with Crippen LogP contribution in [0.15, 0.2) is 0 Å². The molecule has 2 heteroatoms. The summed E-state index contributed by atoms with van der Waals surface area (Å²) in [6.45, 7) is 9.32. The largest absolute Gasteiger partial charge is 2.00 e. The van der Waals surface area contributed by atoms with Gasteiger partial charge < -0.3 is 19.6 Å². The van der Waals surface area contributed by atoms with Gasteiger partial charge in [0.05, 0.1) is 0 Å². The molecule has 0 saturated heterocycles. The van der Waals surface area contributed by atoms with E-state index in [0.717, 1.165) is 12.8 Å². The van der Waals surface area contributed by atoms with Crippen molar-refractivity contribution in [2.45, 2.75) is 25.3 Å². The van der Waals surface area contributed by atoms with E-state index in [-0.39, 0.29) is 31.1 Å². The Morgan fingerprint density at radius 2 is 1.88 bits per heavy atom. The molecule has 0 fully saturated rings. The van der Waals surface area contributed by atoms with Crippen molar-refractivity contribution >= 4 is 0 Å². The van der Waals surface area contributed by atoms with Crippen molar-refractivity contribution < 1.29 is 31.1 Å². The first-order chi connectivity index (χ1) is 3.06. The van der Waals surface area contributed by atoms with Gasteiger partial charge in [0.2, 0.25) is 0 Å². The Bertz CT molecular complexity index is 47.0. The standard InChI is InChI=1S/C6H13N.U/c1-4-5-6(2,3)7;/h2-5,7H2,1H3;/q-2;+2. The zero-order valence-corrected chi connectivity index (χ0v) is 9.57. The van der Waals surface area contributed by atoms with E-state index in [2.05, 4.69) is 20.8 Å². The van der Waals surface area contributed by atoms with Crippen LogP contribution in [0, 0.1) is 45.0 Å². The minimum atomic E-state index is -0.450. The zero-order valence-electron chi connectivity index (χ0n) is 5.41. The van der Waals surface area contributed by atoms with Crippen molar-refractivity contribution in [3.05, 3.63) is 13.8 Å². The summed E-state index contributed by atoms with van der Waals surface area (Å²) in [4.78, 5) is 0. The van der Waals surface area contributed by atoms with E-state index in [0.29, 0.717) is 0 Å². The van der Waals surface area contributed by atoms with E-state index >= 15 is 0 Å². The molecule has 0 aromatic rings. The molecule has 8 heavy (non-hydrogen) atoms. The maximum Gasteiger partial charge on any atom is 2.00 e. The smallest absolute Gasteiger partial charge is 0.383 e. The van der Waals surface area contributed by atoms with Crippen molar-refractivity contribution in [1.29, 1.82) is 0 Å². The molecule has 0 bridgehead atoms. The summed E-state index contributed by atoms with van der Waals surface area (Å²) >= 11 is 0. The molecule has 0 amide bonds. The van der Waals surface area contributed by atoms with Gasteiger partial charge in [-0.15, -0.1) is 0 Å². The van der Waals surface area contributed by atoms with E-state index in [4.69, 9.17) is 5.73 Å². The fourth-order valence-electron chi connectivity index (χ4n) is 0.498. The molecule has 0 saturated carbocycles. The van der Waals surface area contributed by atoms with Gasteiger partial charge in [0.1, 0.15) is 0 Å². The molecule has 0 heterocycles. The van der Waals surface area contributed by atoms with Crippen LogP contribution in [0.1, 0.15) is 19.8 Å². The molecule has 0 rings (SSSR count). The van der Waals surface area contributed by atoms with E-state index in [9.17, 15) is 0 Å². The average Bonchev–Trinajstić information content (AvgIpc) is 1.30. The Morgan fingerprint density at radius 3 is 1.88 bits per heavy atom. The molecule has 0 aliphatic rings. The molecule has 2 N–H and O–H groups in total. The molecular formula is C6H13NU. The summed E-state index contributed by atoms with van der Waals surface area (Å²) < 4.78 is 0. The monoisotopic (exact) mass is 337 g/mol. The Morgan fingerprint density at radius 1 is 1.50 bits per heavy atom. The van der Waals surface area contributed by atoms with Crippen LogP contribution in [0.4, 0.5) is 0 Å². The van der Waals surface area contributed by atoms with Crippen molar-refractivity contribution in [3.63, 3.8) is 0 Å². The first-order valence-corrected chi connectivity index (χ1v) is 2.56. The molecule has 0 radical (unpaired) electrons. The topological polar surface area (TPSA) is 26.0 Å². The van der Waals surface area contributed by atoms with Crippen LogP contribution in [0.5, 0.6) is 0 Å². The van der Waals surface area contributed by atoms with Gasteiger partial charge in [0.25, 0.3) is 0 Å². The van der Waals surface area contributed by atoms with Crippen molar-refractivity contribution in [3.8, 4) is 0 Å². The second kappa shape index (κ2) is 4.85. The maximum absolute atomic E-state index is 5.42. The van der Waals surface area contributed by atoms with Crippen molar-refractivity contribution in [2.24, 2.45) is 5.73 Å².